The predicted molar refractivity (Wildman–Crippen MR) is 82.1 cm³/mol. The summed E-state index contributed by atoms with van der Waals surface area (Å²) in [6.07, 6.45) is 4.37. The monoisotopic (exact) mass is 342 g/mol. The van der Waals surface area contributed by atoms with E-state index in [1.165, 1.54) is 0 Å². The maximum Gasteiger partial charge on any atom is 0.285 e. The van der Waals surface area contributed by atoms with Gasteiger partial charge < -0.3 is 10.1 Å². The van der Waals surface area contributed by atoms with Crippen LogP contribution in [0.3, 0.4) is 0 Å². The average Bonchev–Trinajstić information content (AvgIpc) is 2.41. The molecule has 5 nitrogen and oxygen atoms in total. The Hall–Kier alpha value is -1.14. The van der Waals surface area contributed by atoms with Gasteiger partial charge >= 0.3 is 0 Å². The molecule has 1 fully saturated rings. The molecule has 0 bridgehead atoms. The molecule has 0 aromatic heterocycles. The quantitative estimate of drug-likeness (QED) is 0.645. The van der Waals surface area contributed by atoms with Gasteiger partial charge in [0.2, 0.25) is 0 Å². The Labute approximate surface area is 127 Å². The van der Waals surface area contributed by atoms with Gasteiger partial charge in [0.25, 0.3) is 5.69 Å². The van der Waals surface area contributed by atoms with Crippen LogP contribution in [0.15, 0.2) is 22.7 Å². The smallest absolute Gasteiger partial charge is 0.285 e. The van der Waals surface area contributed by atoms with E-state index in [4.69, 9.17) is 4.74 Å². The second-order valence-corrected chi connectivity index (χ2v) is 5.92. The molecule has 1 N–H and O–H groups in total. The van der Waals surface area contributed by atoms with Gasteiger partial charge in [-0.15, -0.1) is 0 Å². The molecule has 1 aliphatic rings. The summed E-state index contributed by atoms with van der Waals surface area (Å²) >= 11 is 3.20. The molecule has 1 aliphatic heterocycles. The van der Waals surface area contributed by atoms with Crippen molar-refractivity contribution in [2.75, 3.05) is 11.9 Å². The normalized spacial score (nSPS) is 22.5. The van der Waals surface area contributed by atoms with Gasteiger partial charge in [0, 0.05) is 24.4 Å². The SMILES string of the molecule is CCCC1CC(Nc2ccc(Br)c([N+](=O)[O-])c2)CCO1. The van der Waals surface area contributed by atoms with E-state index >= 15 is 0 Å². The van der Waals surface area contributed by atoms with Gasteiger partial charge in [-0.2, -0.15) is 0 Å². The third kappa shape index (κ3) is 3.93. The molecular formula is C14H19BrN2O3. The van der Waals surface area contributed by atoms with Gasteiger partial charge in [-0.25, -0.2) is 0 Å². The lowest BCUT2D eigenvalue weighted by molar-refractivity contribution is -0.385. The number of nitrogens with one attached hydrogen (secondary N) is 1. The van der Waals surface area contributed by atoms with Crippen molar-refractivity contribution < 1.29 is 9.66 Å². The molecule has 0 amide bonds. The molecule has 0 saturated carbocycles. The molecule has 1 saturated heterocycles. The summed E-state index contributed by atoms with van der Waals surface area (Å²) in [5.74, 6) is 0. The summed E-state index contributed by atoms with van der Waals surface area (Å²) in [5, 5.41) is 14.3. The number of nitro groups is 1. The number of nitrogens with zero attached hydrogens (tertiary/aromatic N) is 1. The number of halogens is 1. The van der Waals surface area contributed by atoms with Gasteiger partial charge in [0.05, 0.1) is 15.5 Å². The first-order chi connectivity index (χ1) is 9.60. The van der Waals surface area contributed by atoms with Crippen LogP contribution in [0.4, 0.5) is 11.4 Å². The Kier molecular flexibility index (Phi) is 5.37. The zero-order chi connectivity index (χ0) is 14.5. The van der Waals surface area contributed by atoms with Crippen LogP contribution in [0.5, 0.6) is 0 Å². The molecule has 1 heterocycles. The number of ether oxygens (including phenoxy) is 1. The topological polar surface area (TPSA) is 64.4 Å². The molecular weight excluding hydrogens is 324 g/mol. The van der Waals surface area contributed by atoms with Crippen molar-refractivity contribution in [3.63, 3.8) is 0 Å². The lowest BCUT2D eigenvalue weighted by Crippen LogP contribution is -2.33. The highest BCUT2D eigenvalue weighted by molar-refractivity contribution is 9.10. The van der Waals surface area contributed by atoms with E-state index in [1.54, 1.807) is 12.1 Å². The van der Waals surface area contributed by atoms with Crippen LogP contribution in [0.1, 0.15) is 32.6 Å². The van der Waals surface area contributed by atoms with Gasteiger partial charge in [0.15, 0.2) is 0 Å². The van der Waals surface area contributed by atoms with Crippen LogP contribution in [0.25, 0.3) is 0 Å². The highest BCUT2D eigenvalue weighted by Gasteiger charge is 2.22. The Balaban J connectivity index is 2.02. The lowest BCUT2D eigenvalue weighted by Gasteiger charge is -2.30. The number of nitro benzene ring substituents is 1. The molecule has 1 aromatic rings. The predicted octanol–water partition coefficient (Wildman–Crippen LogP) is 4.12. The van der Waals surface area contributed by atoms with Gasteiger partial charge in [-0.3, -0.25) is 10.1 Å². The first kappa shape index (κ1) is 15.3. The highest BCUT2D eigenvalue weighted by atomic mass is 79.9. The third-order valence-corrected chi connectivity index (χ3v) is 4.16. The molecule has 0 aliphatic carbocycles. The standard InChI is InChI=1S/C14H19BrN2O3/c1-2-3-12-8-11(6-7-20-12)16-10-4-5-13(15)14(9-10)17(18)19/h4-5,9,11-12,16H,2-3,6-8H2,1H3. The zero-order valence-corrected chi connectivity index (χ0v) is 13.1. The van der Waals surface area contributed by atoms with Gasteiger partial charge in [0.1, 0.15) is 0 Å². The van der Waals surface area contributed by atoms with Gasteiger partial charge in [-0.1, -0.05) is 13.3 Å². The van der Waals surface area contributed by atoms with Crippen molar-refractivity contribution >= 4 is 27.3 Å². The van der Waals surface area contributed by atoms with Crippen molar-refractivity contribution in [1.29, 1.82) is 0 Å². The Morgan fingerprint density at radius 2 is 2.35 bits per heavy atom. The first-order valence-corrected chi connectivity index (χ1v) is 7.71. The van der Waals surface area contributed by atoms with E-state index in [0.717, 1.165) is 38.0 Å². The molecule has 2 atom stereocenters. The van der Waals surface area contributed by atoms with Crippen molar-refractivity contribution in [3.8, 4) is 0 Å². The summed E-state index contributed by atoms with van der Waals surface area (Å²) < 4.78 is 6.22. The van der Waals surface area contributed by atoms with Crippen molar-refractivity contribution in [1.82, 2.24) is 0 Å². The van der Waals surface area contributed by atoms with Crippen LogP contribution in [0, 0.1) is 10.1 Å². The summed E-state index contributed by atoms with van der Waals surface area (Å²) in [6, 6.07) is 5.47. The fraction of sp³-hybridized carbons (Fsp3) is 0.571. The van der Waals surface area contributed by atoms with Crippen LogP contribution in [-0.4, -0.2) is 23.7 Å². The van der Waals surface area contributed by atoms with Crippen LogP contribution < -0.4 is 5.32 Å². The van der Waals surface area contributed by atoms with E-state index in [2.05, 4.69) is 28.2 Å². The second kappa shape index (κ2) is 7.04. The van der Waals surface area contributed by atoms with Crippen molar-refractivity contribution in [3.05, 3.63) is 32.8 Å². The maximum atomic E-state index is 10.9. The Morgan fingerprint density at radius 3 is 3.05 bits per heavy atom. The van der Waals surface area contributed by atoms with Crippen molar-refractivity contribution in [2.24, 2.45) is 0 Å². The van der Waals surface area contributed by atoms with Gasteiger partial charge in [-0.05, 0) is 47.3 Å². The molecule has 110 valence electrons. The Morgan fingerprint density at radius 1 is 1.55 bits per heavy atom. The molecule has 20 heavy (non-hydrogen) atoms. The molecule has 1 aromatic carbocycles. The Bertz CT molecular complexity index is 479. The second-order valence-electron chi connectivity index (χ2n) is 5.07. The molecule has 0 spiro atoms. The van der Waals surface area contributed by atoms with E-state index in [-0.39, 0.29) is 10.6 Å². The minimum absolute atomic E-state index is 0.0900. The van der Waals surface area contributed by atoms with Crippen LogP contribution >= 0.6 is 15.9 Å². The number of anilines is 1. The van der Waals surface area contributed by atoms with E-state index in [1.807, 2.05) is 6.07 Å². The summed E-state index contributed by atoms with van der Waals surface area (Å²) in [4.78, 5) is 10.6. The molecule has 6 heteroatoms. The largest absolute Gasteiger partial charge is 0.382 e. The minimum atomic E-state index is -0.376. The average molecular weight is 343 g/mol. The van der Waals surface area contributed by atoms with E-state index in [9.17, 15) is 10.1 Å². The maximum absolute atomic E-state index is 10.9. The fourth-order valence-corrected chi connectivity index (χ4v) is 2.90. The van der Waals surface area contributed by atoms with E-state index in [0.29, 0.717) is 16.6 Å². The van der Waals surface area contributed by atoms with E-state index < -0.39 is 0 Å². The minimum Gasteiger partial charge on any atom is -0.382 e. The van der Waals surface area contributed by atoms with Crippen LogP contribution in [-0.2, 0) is 4.74 Å². The third-order valence-electron chi connectivity index (χ3n) is 3.49. The highest BCUT2D eigenvalue weighted by Crippen LogP contribution is 2.29. The molecule has 2 unspecified atom stereocenters. The molecule has 2 rings (SSSR count). The number of benzene rings is 1. The summed E-state index contributed by atoms with van der Waals surface area (Å²) in [6.45, 7) is 2.90. The fourth-order valence-electron chi connectivity index (χ4n) is 2.51. The number of hydrogen-bond donors (Lipinski definition) is 1. The number of hydrogen-bond acceptors (Lipinski definition) is 4. The number of rotatable bonds is 5. The first-order valence-electron chi connectivity index (χ1n) is 6.92. The van der Waals surface area contributed by atoms with Crippen LogP contribution in [0.2, 0.25) is 0 Å². The molecule has 0 radical (unpaired) electrons. The zero-order valence-electron chi connectivity index (χ0n) is 11.5. The summed E-state index contributed by atoms with van der Waals surface area (Å²) in [5.41, 5.74) is 0.884. The summed E-state index contributed by atoms with van der Waals surface area (Å²) in [7, 11) is 0. The lowest BCUT2D eigenvalue weighted by atomic mass is 10.00. The van der Waals surface area contributed by atoms with Crippen molar-refractivity contribution in [2.45, 2.75) is 44.8 Å².